The van der Waals surface area contributed by atoms with E-state index in [1.165, 1.54) is 17.9 Å². The number of para-hydroxylation sites is 1. The van der Waals surface area contributed by atoms with Crippen molar-refractivity contribution in [3.8, 4) is 0 Å². The first-order chi connectivity index (χ1) is 15.0. The molecule has 0 saturated carbocycles. The van der Waals surface area contributed by atoms with Crippen LogP contribution in [0.1, 0.15) is 26.6 Å². The van der Waals surface area contributed by atoms with E-state index in [-0.39, 0.29) is 5.91 Å². The fourth-order valence-electron chi connectivity index (χ4n) is 3.59. The van der Waals surface area contributed by atoms with Crippen LogP contribution < -0.4 is 9.47 Å². The number of hydrogen-bond acceptors (Lipinski definition) is 3. The second-order valence-electron chi connectivity index (χ2n) is 6.99. The second kappa shape index (κ2) is 8.78. The molecule has 0 fully saturated rings. The van der Waals surface area contributed by atoms with Crippen LogP contribution in [0.15, 0.2) is 59.6 Å². The van der Waals surface area contributed by atoms with Crippen molar-refractivity contribution in [3.63, 3.8) is 0 Å². The summed E-state index contributed by atoms with van der Waals surface area (Å²) in [6.45, 7) is 5.97. The molecule has 0 unspecified atom stereocenters. The lowest BCUT2D eigenvalue weighted by Gasteiger charge is -2.15. The molecule has 32 heavy (non-hydrogen) atoms. The molecular weight excluding hydrogens is 443 g/mol. The predicted octanol–water partition coefficient (Wildman–Crippen LogP) is 4.29. The summed E-state index contributed by atoms with van der Waals surface area (Å²) in [4.78, 5) is 12.8. The molecule has 0 N–H and O–H groups in total. The topological polar surface area (TPSA) is 63.3 Å². The first-order valence-electron chi connectivity index (χ1n) is 9.93. The second-order valence-corrected chi connectivity index (χ2v) is 8.93. The Balaban J connectivity index is 2.19. The standard InChI is InChI=1S/C22H23F3N3O3S/c1-4-26-19-12-11-18(32(30,31)22(23,24)25)15-20(19)27(5-2)21(26)13-14-28(16(3)29)17-9-7-6-8-10-17/h6-15H,4-5H2,1-3H3/q+1. The summed E-state index contributed by atoms with van der Waals surface area (Å²) >= 11 is 0. The number of amides is 1. The molecule has 3 rings (SSSR count). The van der Waals surface area contributed by atoms with Crippen molar-refractivity contribution < 1.29 is 31.0 Å². The number of halogens is 3. The van der Waals surface area contributed by atoms with Crippen LogP contribution in [0.4, 0.5) is 18.9 Å². The highest BCUT2D eigenvalue weighted by molar-refractivity contribution is 7.92. The Kier molecular flexibility index (Phi) is 6.45. The molecular formula is C22H23F3N3O3S+. The van der Waals surface area contributed by atoms with E-state index in [4.69, 9.17) is 0 Å². The molecule has 1 heterocycles. The number of carbonyl (C=O) groups is 1. The Morgan fingerprint density at radius 3 is 2.31 bits per heavy atom. The quantitative estimate of drug-likeness (QED) is 0.510. The van der Waals surface area contributed by atoms with Crippen LogP contribution in [0.2, 0.25) is 0 Å². The maximum Gasteiger partial charge on any atom is 0.501 e. The van der Waals surface area contributed by atoms with E-state index < -0.39 is 20.2 Å². The fraction of sp³-hybridized carbons (Fsp3) is 0.273. The Morgan fingerprint density at radius 1 is 1.12 bits per heavy atom. The lowest BCUT2D eigenvalue weighted by Crippen LogP contribution is -2.35. The van der Waals surface area contributed by atoms with Gasteiger partial charge in [-0.15, -0.1) is 0 Å². The Bertz CT molecular complexity index is 1280. The van der Waals surface area contributed by atoms with Gasteiger partial charge in [-0.2, -0.15) is 13.2 Å². The summed E-state index contributed by atoms with van der Waals surface area (Å²) in [7, 11) is -5.47. The smallest absolute Gasteiger partial charge is 0.288 e. The van der Waals surface area contributed by atoms with Crippen molar-refractivity contribution in [2.24, 2.45) is 0 Å². The molecule has 3 aromatic rings. The molecule has 0 aliphatic rings. The van der Waals surface area contributed by atoms with Gasteiger partial charge in [0.25, 0.3) is 15.7 Å². The molecule has 0 atom stereocenters. The predicted molar refractivity (Wildman–Crippen MR) is 115 cm³/mol. The van der Waals surface area contributed by atoms with E-state index in [2.05, 4.69) is 0 Å². The maximum atomic E-state index is 13.1. The number of aromatic nitrogens is 2. The van der Waals surface area contributed by atoms with Crippen molar-refractivity contribution in [2.75, 3.05) is 4.90 Å². The molecule has 1 aromatic heterocycles. The Labute approximate surface area is 184 Å². The third-order valence-corrected chi connectivity index (χ3v) is 6.56. The Morgan fingerprint density at radius 2 is 1.78 bits per heavy atom. The van der Waals surface area contributed by atoms with Gasteiger partial charge in [0.2, 0.25) is 5.91 Å². The molecule has 170 valence electrons. The van der Waals surface area contributed by atoms with Crippen LogP contribution in [-0.2, 0) is 27.7 Å². The molecule has 0 bridgehead atoms. The van der Waals surface area contributed by atoms with Crippen LogP contribution >= 0.6 is 0 Å². The number of fused-ring (bicyclic) bond motifs is 1. The lowest BCUT2D eigenvalue weighted by molar-refractivity contribution is -0.670. The summed E-state index contributed by atoms with van der Waals surface area (Å²) in [5.41, 5.74) is -3.78. The molecule has 0 radical (unpaired) electrons. The monoisotopic (exact) mass is 466 g/mol. The minimum Gasteiger partial charge on any atom is -0.288 e. The number of benzene rings is 2. The van der Waals surface area contributed by atoms with Gasteiger partial charge < -0.3 is 0 Å². The van der Waals surface area contributed by atoms with E-state index in [0.717, 1.165) is 12.1 Å². The van der Waals surface area contributed by atoms with Gasteiger partial charge in [-0.05, 0) is 38.1 Å². The molecule has 1 amide bonds. The zero-order valence-corrected chi connectivity index (χ0v) is 18.6. The van der Waals surface area contributed by atoms with Crippen molar-refractivity contribution in [1.29, 1.82) is 0 Å². The minimum absolute atomic E-state index is 0.215. The number of anilines is 1. The van der Waals surface area contributed by atoms with Crippen molar-refractivity contribution in [1.82, 2.24) is 4.57 Å². The number of alkyl halides is 3. The number of hydrogen-bond donors (Lipinski definition) is 0. The summed E-state index contributed by atoms with van der Waals surface area (Å²) in [6.07, 6.45) is 3.29. The van der Waals surface area contributed by atoms with Gasteiger partial charge in [0.05, 0.1) is 18.0 Å². The number of imidazole rings is 1. The third kappa shape index (κ3) is 4.14. The summed E-state index contributed by atoms with van der Waals surface area (Å²) in [5, 5.41) is 0. The van der Waals surface area contributed by atoms with Crippen LogP contribution in [0.5, 0.6) is 0 Å². The molecule has 6 nitrogen and oxygen atoms in total. The molecule has 2 aromatic carbocycles. The zero-order valence-electron chi connectivity index (χ0n) is 17.8. The highest BCUT2D eigenvalue weighted by Crippen LogP contribution is 2.32. The number of aryl methyl sites for hydroxylation is 2. The molecule has 0 spiro atoms. The highest BCUT2D eigenvalue weighted by atomic mass is 32.2. The molecule has 10 heteroatoms. The van der Waals surface area contributed by atoms with Crippen LogP contribution in [0, 0.1) is 0 Å². The summed E-state index contributed by atoms with van der Waals surface area (Å²) < 4.78 is 66.5. The van der Waals surface area contributed by atoms with Crippen LogP contribution in [-0.4, -0.2) is 24.4 Å². The van der Waals surface area contributed by atoms with Gasteiger partial charge in [0, 0.05) is 31.0 Å². The first-order valence-corrected chi connectivity index (χ1v) is 11.4. The summed E-state index contributed by atoms with van der Waals surface area (Å²) in [6, 6.07) is 12.4. The normalized spacial score (nSPS) is 12.6. The SMILES string of the molecule is CCn1c(C=CN(C(C)=O)c2ccccc2)[n+](CC)c2ccc(S(=O)(=O)C(F)(F)F)cc21. The third-order valence-electron chi connectivity index (χ3n) is 5.08. The largest absolute Gasteiger partial charge is 0.501 e. The molecule has 0 aliphatic carbocycles. The highest BCUT2D eigenvalue weighted by Gasteiger charge is 2.47. The van der Waals surface area contributed by atoms with Crippen molar-refractivity contribution >= 4 is 38.5 Å². The first kappa shape index (κ1) is 23.5. The number of nitrogens with zero attached hydrogens (tertiary/aromatic N) is 3. The van der Waals surface area contributed by atoms with Gasteiger partial charge in [-0.3, -0.25) is 9.69 Å². The van der Waals surface area contributed by atoms with Gasteiger partial charge >= 0.3 is 5.51 Å². The number of carbonyl (C=O) groups excluding carboxylic acids is 1. The van der Waals surface area contributed by atoms with Gasteiger partial charge in [-0.1, -0.05) is 18.2 Å². The van der Waals surface area contributed by atoms with Gasteiger partial charge in [0.15, 0.2) is 11.0 Å². The molecule has 0 aliphatic heterocycles. The van der Waals surface area contributed by atoms with E-state index in [0.29, 0.717) is 35.6 Å². The minimum atomic E-state index is -5.47. The van der Waals surface area contributed by atoms with E-state index >= 15 is 0 Å². The van der Waals surface area contributed by atoms with E-state index in [9.17, 15) is 26.4 Å². The van der Waals surface area contributed by atoms with E-state index in [1.54, 1.807) is 41.1 Å². The van der Waals surface area contributed by atoms with Gasteiger partial charge in [0.1, 0.15) is 0 Å². The zero-order chi connectivity index (χ0) is 23.7. The van der Waals surface area contributed by atoms with Crippen molar-refractivity contribution in [2.45, 2.75) is 44.3 Å². The average Bonchev–Trinajstić information content (AvgIpc) is 3.05. The van der Waals surface area contributed by atoms with Crippen LogP contribution in [0.25, 0.3) is 17.1 Å². The fourth-order valence-corrected chi connectivity index (χ4v) is 4.37. The van der Waals surface area contributed by atoms with E-state index in [1.807, 2.05) is 24.5 Å². The summed E-state index contributed by atoms with van der Waals surface area (Å²) in [5.74, 6) is 0.405. The number of sulfone groups is 1. The average molecular weight is 467 g/mol. The molecule has 0 saturated heterocycles. The van der Waals surface area contributed by atoms with Gasteiger partial charge in [-0.25, -0.2) is 17.6 Å². The lowest BCUT2D eigenvalue weighted by atomic mass is 10.3. The van der Waals surface area contributed by atoms with Crippen molar-refractivity contribution in [3.05, 3.63) is 60.6 Å². The maximum absolute atomic E-state index is 13.1. The Hall–Kier alpha value is -3.14. The number of rotatable bonds is 6. The van der Waals surface area contributed by atoms with Crippen LogP contribution in [0.3, 0.4) is 0 Å².